The second-order valence-electron chi connectivity index (χ2n) is 3.88. The Kier molecular flexibility index (Phi) is 4.42. The first-order valence-corrected chi connectivity index (χ1v) is 7.53. The summed E-state index contributed by atoms with van der Waals surface area (Å²) in [5, 5.41) is 3.59. The third kappa shape index (κ3) is 3.59. The summed E-state index contributed by atoms with van der Waals surface area (Å²) in [4.78, 5) is 4.16. The van der Waals surface area contributed by atoms with E-state index in [4.69, 9.17) is 18.0 Å². The third-order valence-corrected chi connectivity index (χ3v) is 4.21. The molecule has 9 heteroatoms. The van der Waals surface area contributed by atoms with Crippen molar-refractivity contribution in [2.45, 2.75) is 11.3 Å². The molecule has 0 bridgehead atoms. The Balaban J connectivity index is 2.00. The first-order chi connectivity index (χ1) is 9.49. The van der Waals surface area contributed by atoms with Crippen molar-refractivity contribution in [1.29, 1.82) is 0 Å². The Hall–Kier alpha value is -1.84. The van der Waals surface area contributed by atoms with E-state index < -0.39 is 10.0 Å². The monoisotopic (exact) mass is 312 g/mol. The Labute approximate surface area is 121 Å². The lowest BCUT2D eigenvalue weighted by Crippen LogP contribution is -2.26. The van der Waals surface area contributed by atoms with Gasteiger partial charge in [0.15, 0.2) is 5.82 Å². The van der Waals surface area contributed by atoms with E-state index in [-0.39, 0.29) is 16.4 Å². The Morgan fingerprint density at radius 3 is 2.60 bits per heavy atom. The molecule has 106 valence electrons. The summed E-state index contributed by atoms with van der Waals surface area (Å²) >= 11 is 4.80. The van der Waals surface area contributed by atoms with Crippen LogP contribution in [0.5, 0.6) is 0 Å². The van der Waals surface area contributed by atoms with Crippen molar-refractivity contribution in [3.05, 3.63) is 42.0 Å². The van der Waals surface area contributed by atoms with E-state index in [1.54, 1.807) is 12.1 Å². The predicted molar refractivity (Wildman–Crippen MR) is 75.5 cm³/mol. The van der Waals surface area contributed by atoms with E-state index in [0.717, 1.165) is 0 Å². The third-order valence-electron chi connectivity index (χ3n) is 2.50. The highest BCUT2D eigenvalue weighted by atomic mass is 32.2. The molecular weight excluding hydrogens is 300 g/mol. The van der Waals surface area contributed by atoms with Crippen molar-refractivity contribution in [1.82, 2.24) is 14.9 Å². The van der Waals surface area contributed by atoms with E-state index in [9.17, 15) is 8.42 Å². The van der Waals surface area contributed by atoms with Crippen LogP contribution in [0.25, 0.3) is 0 Å². The second kappa shape index (κ2) is 6.07. The van der Waals surface area contributed by atoms with Gasteiger partial charge in [-0.25, -0.2) is 13.1 Å². The average molecular weight is 312 g/mol. The van der Waals surface area contributed by atoms with Gasteiger partial charge in [-0.2, -0.15) is 4.98 Å². The van der Waals surface area contributed by atoms with Crippen LogP contribution in [0.15, 0.2) is 40.1 Å². The quantitative estimate of drug-likeness (QED) is 0.734. The molecule has 0 aliphatic rings. The summed E-state index contributed by atoms with van der Waals surface area (Å²) in [6, 6.07) is 6.03. The molecule has 7 nitrogen and oxygen atoms in total. The van der Waals surface area contributed by atoms with Crippen molar-refractivity contribution in [2.24, 2.45) is 5.73 Å². The van der Waals surface area contributed by atoms with Gasteiger partial charge in [-0.15, -0.1) is 0 Å². The van der Waals surface area contributed by atoms with Gasteiger partial charge in [-0.05, 0) is 12.1 Å². The van der Waals surface area contributed by atoms with Crippen LogP contribution in [0.2, 0.25) is 0 Å². The topological polar surface area (TPSA) is 111 Å². The van der Waals surface area contributed by atoms with Gasteiger partial charge in [0.05, 0.1) is 4.90 Å². The molecule has 0 aliphatic heterocycles. The van der Waals surface area contributed by atoms with Gasteiger partial charge in [-0.3, -0.25) is 0 Å². The van der Waals surface area contributed by atoms with Gasteiger partial charge < -0.3 is 10.3 Å². The summed E-state index contributed by atoms with van der Waals surface area (Å²) in [6.45, 7) is 0.179. The van der Waals surface area contributed by atoms with E-state index >= 15 is 0 Å². The number of hydrogen-bond acceptors (Lipinski definition) is 6. The maximum Gasteiger partial charge on any atom is 0.240 e. The van der Waals surface area contributed by atoms with Crippen LogP contribution in [-0.4, -0.2) is 30.1 Å². The van der Waals surface area contributed by atoms with Gasteiger partial charge in [-0.1, -0.05) is 29.5 Å². The molecule has 0 unspecified atom stereocenters. The molecule has 2 rings (SSSR count). The minimum atomic E-state index is -3.58. The number of aromatic nitrogens is 2. The van der Waals surface area contributed by atoms with E-state index in [1.807, 2.05) is 0 Å². The van der Waals surface area contributed by atoms with Crippen LogP contribution >= 0.6 is 12.2 Å². The van der Waals surface area contributed by atoms with Gasteiger partial charge >= 0.3 is 0 Å². The number of benzene rings is 1. The fourth-order valence-corrected chi connectivity index (χ4v) is 2.65. The molecule has 2 aromatic rings. The predicted octanol–water partition coefficient (Wildman–Crippen LogP) is 0.225. The van der Waals surface area contributed by atoms with Crippen LogP contribution in [0.3, 0.4) is 0 Å². The minimum absolute atomic E-state index is 0.144. The molecule has 0 fully saturated rings. The molecule has 1 aromatic heterocycles. The van der Waals surface area contributed by atoms with Crippen molar-refractivity contribution < 1.29 is 12.9 Å². The molecular formula is C11H12N4O3S2. The van der Waals surface area contributed by atoms with Crippen LogP contribution in [0, 0.1) is 0 Å². The van der Waals surface area contributed by atoms with Crippen LogP contribution < -0.4 is 10.5 Å². The standard InChI is InChI=1S/C11H12N4O3S2/c12-11(19)8-1-3-9(4-2-8)20(16,17)14-6-5-10-13-7-18-15-10/h1-4,7,14H,5-6H2,(H2,12,19). The maximum atomic E-state index is 12.0. The normalized spacial score (nSPS) is 11.4. The zero-order valence-corrected chi connectivity index (χ0v) is 11.9. The highest BCUT2D eigenvalue weighted by Gasteiger charge is 2.13. The number of rotatable bonds is 6. The molecule has 0 spiro atoms. The van der Waals surface area contributed by atoms with Crippen molar-refractivity contribution in [3.63, 3.8) is 0 Å². The van der Waals surface area contributed by atoms with Crippen LogP contribution in [0.1, 0.15) is 11.4 Å². The minimum Gasteiger partial charge on any atom is -0.389 e. The summed E-state index contributed by atoms with van der Waals surface area (Å²) in [5.41, 5.74) is 6.07. The molecule has 0 amide bonds. The summed E-state index contributed by atoms with van der Waals surface area (Å²) in [7, 11) is -3.58. The van der Waals surface area contributed by atoms with E-state index in [0.29, 0.717) is 17.8 Å². The lowest BCUT2D eigenvalue weighted by Gasteiger charge is -2.06. The summed E-state index contributed by atoms with van der Waals surface area (Å²) in [5.74, 6) is 0.441. The molecule has 0 atom stereocenters. The largest absolute Gasteiger partial charge is 0.389 e. The highest BCUT2D eigenvalue weighted by Crippen LogP contribution is 2.10. The molecule has 0 saturated carbocycles. The van der Waals surface area contributed by atoms with Crippen molar-refractivity contribution in [3.8, 4) is 0 Å². The smallest absolute Gasteiger partial charge is 0.240 e. The van der Waals surface area contributed by atoms with Gasteiger partial charge in [0.1, 0.15) is 4.99 Å². The average Bonchev–Trinajstić information content (AvgIpc) is 2.92. The van der Waals surface area contributed by atoms with Crippen LogP contribution in [0.4, 0.5) is 0 Å². The lowest BCUT2D eigenvalue weighted by atomic mass is 10.2. The summed E-state index contributed by atoms with van der Waals surface area (Å²) < 4.78 is 31.0. The zero-order chi connectivity index (χ0) is 14.6. The molecule has 0 saturated heterocycles. The van der Waals surface area contributed by atoms with Crippen molar-refractivity contribution >= 4 is 27.2 Å². The van der Waals surface area contributed by atoms with Gasteiger partial charge in [0.2, 0.25) is 16.4 Å². The van der Waals surface area contributed by atoms with E-state index in [1.165, 1.54) is 18.5 Å². The highest BCUT2D eigenvalue weighted by molar-refractivity contribution is 7.89. The molecule has 1 aromatic carbocycles. The number of nitrogens with two attached hydrogens (primary N) is 1. The van der Waals surface area contributed by atoms with Gasteiger partial charge in [0.25, 0.3) is 0 Å². The summed E-state index contributed by atoms with van der Waals surface area (Å²) in [6.07, 6.45) is 1.54. The zero-order valence-electron chi connectivity index (χ0n) is 10.3. The Morgan fingerprint density at radius 2 is 2.05 bits per heavy atom. The fourth-order valence-electron chi connectivity index (χ4n) is 1.48. The maximum absolute atomic E-state index is 12.0. The molecule has 20 heavy (non-hydrogen) atoms. The first-order valence-electron chi connectivity index (χ1n) is 5.64. The Morgan fingerprint density at radius 1 is 1.35 bits per heavy atom. The second-order valence-corrected chi connectivity index (χ2v) is 6.09. The lowest BCUT2D eigenvalue weighted by molar-refractivity contribution is 0.410. The number of nitrogens with one attached hydrogen (secondary N) is 1. The number of thiocarbonyl (C=S) groups is 1. The SMILES string of the molecule is NC(=S)c1ccc(S(=O)(=O)NCCc2ncon2)cc1. The van der Waals surface area contributed by atoms with Crippen LogP contribution in [-0.2, 0) is 16.4 Å². The number of nitrogens with zero attached hydrogens (tertiary/aromatic N) is 2. The Bertz CT molecular complexity index is 681. The number of hydrogen-bond donors (Lipinski definition) is 2. The number of sulfonamides is 1. The fraction of sp³-hybridized carbons (Fsp3) is 0.182. The van der Waals surface area contributed by atoms with Crippen molar-refractivity contribution in [2.75, 3.05) is 6.54 Å². The molecule has 1 heterocycles. The van der Waals surface area contributed by atoms with E-state index in [2.05, 4.69) is 19.4 Å². The molecule has 0 radical (unpaired) electrons. The molecule has 3 N–H and O–H groups in total. The molecule has 0 aliphatic carbocycles. The first kappa shape index (κ1) is 14.6. The van der Waals surface area contributed by atoms with Gasteiger partial charge in [0, 0.05) is 18.5 Å².